The highest BCUT2D eigenvalue weighted by molar-refractivity contribution is 7.99. The molecule has 1 aromatic carbocycles. The number of nitrogens with one attached hydrogen (secondary N) is 1. The third-order valence-corrected chi connectivity index (χ3v) is 6.08. The van der Waals surface area contributed by atoms with E-state index in [-0.39, 0.29) is 0 Å². The summed E-state index contributed by atoms with van der Waals surface area (Å²) in [6, 6.07) is 11.2. The Morgan fingerprint density at radius 2 is 1.96 bits per heavy atom. The fraction of sp³-hybridized carbons (Fsp3) is 0.632. The van der Waals surface area contributed by atoms with Crippen molar-refractivity contribution in [3.8, 4) is 0 Å². The van der Waals surface area contributed by atoms with Crippen molar-refractivity contribution in [3.05, 3.63) is 35.9 Å². The van der Waals surface area contributed by atoms with E-state index >= 15 is 0 Å². The lowest BCUT2D eigenvalue weighted by Crippen LogP contribution is -2.46. The molecule has 1 amide bonds. The van der Waals surface area contributed by atoms with Crippen molar-refractivity contribution in [2.45, 2.75) is 57.2 Å². The first-order valence-corrected chi connectivity index (χ1v) is 10.1. The van der Waals surface area contributed by atoms with Gasteiger partial charge in [-0.15, -0.1) is 0 Å². The van der Waals surface area contributed by atoms with Gasteiger partial charge in [-0.2, -0.15) is 11.8 Å². The topological polar surface area (TPSA) is 32.3 Å². The Morgan fingerprint density at radius 3 is 2.65 bits per heavy atom. The van der Waals surface area contributed by atoms with Crippen LogP contribution in [-0.2, 0) is 11.3 Å². The van der Waals surface area contributed by atoms with Crippen molar-refractivity contribution in [3.63, 3.8) is 0 Å². The van der Waals surface area contributed by atoms with Crippen LogP contribution in [0.25, 0.3) is 0 Å². The number of hydrogen-bond donors (Lipinski definition) is 1. The number of hydrogen-bond acceptors (Lipinski definition) is 3. The highest BCUT2D eigenvalue weighted by atomic mass is 32.2. The van der Waals surface area contributed by atoms with Crippen molar-refractivity contribution in [2.24, 2.45) is 0 Å². The normalized spacial score (nSPS) is 22.7. The van der Waals surface area contributed by atoms with Crippen LogP contribution in [0.3, 0.4) is 0 Å². The predicted octanol–water partition coefficient (Wildman–Crippen LogP) is 3.44. The van der Waals surface area contributed by atoms with E-state index in [1.807, 2.05) is 17.8 Å². The summed E-state index contributed by atoms with van der Waals surface area (Å²) in [5.41, 5.74) is 1.25. The molecule has 1 aliphatic carbocycles. The monoisotopic (exact) mass is 332 g/mol. The van der Waals surface area contributed by atoms with E-state index in [0.29, 0.717) is 24.4 Å². The molecule has 2 aliphatic rings. The molecule has 3 rings (SSSR count). The van der Waals surface area contributed by atoms with Crippen molar-refractivity contribution in [2.75, 3.05) is 18.1 Å². The van der Waals surface area contributed by atoms with E-state index in [2.05, 4.69) is 34.5 Å². The summed E-state index contributed by atoms with van der Waals surface area (Å²) in [6.07, 6.45) is 6.85. The molecule has 1 N–H and O–H groups in total. The van der Waals surface area contributed by atoms with Crippen LogP contribution >= 0.6 is 11.8 Å². The predicted molar refractivity (Wildman–Crippen MR) is 97.6 cm³/mol. The first-order chi connectivity index (χ1) is 11.3. The van der Waals surface area contributed by atoms with E-state index in [1.165, 1.54) is 43.4 Å². The van der Waals surface area contributed by atoms with Crippen molar-refractivity contribution < 1.29 is 4.79 Å². The van der Waals surface area contributed by atoms with Crippen molar-refractivity contribution in [1.82, 2.24) is 10.2 Å². The Hall–Kier alpha value is -1.00. The second-order valence-electron chi connectivity index (χ2n) is 6.73. The van der Waals surface area contributed by atoms with E-state index in [0.717, 1.165) is 18.8 Å². The van der Waals surface area contributed by atoms with Crippen LogP contribution in [0, 0.1) is 0 Å². The van der Waals surface area contributed by atoms with Crippen LogP contribution in [-0.4, -0.2) is 40.9 Å². The Balaban J connectivity index is 1.66. The largest absolute Gasteiger partial charge is 0.335 e. The van der Waals surface area contributed by atoms with Gasteiger partial charge in [-0.1, -0.05) is 49.6 Å². The summed E-state index contributed by atoms with van der Waals surface area (Å²) in [5.74, 6) is 2.57. The zero-order chi connectivity index (χ0) is 15.9. The Kier molecular flexibility index (Phi) is 6.40. The van der Waals surface area contributed by atoms with Gasteiger partial charge >= 0.3 is 0 Å². The van der Waals surface area contributed by atoms with Crippen LogP contribution in [0.2, 0.25) is 0 Å². The maximum Gasteiger partial charge on any atom is 0.224 e. The number of rotatable bonds is 5. The molecule has 1 saturated heterocycles. The lowest BCUT2D eigenvalue weighted by Gasteiger charge is -2.36. The lowest BCUT2D eigenvalue weighted by molar-refractivity contribution is -0.135. The number of nitrogens with zero attached hydrogens (tertiary/aromatic N) is 1. The number of carbonyl (C=O) groups excluding carboxylic acids is 1. The molecule has 23 heavy (non-hydrogen) atoms. The van der Waals surface area contributed by atoms with Gasteiger partial charge in [0.05, 0.1) is 0 Å². The molecule has 126 valence electrons. The quantitative estimate of drug-likeness (QED) is 0.896. The Labute approximate surface area is 144 Å². The van der Waals surface area contributed by atoms with Gasteiger partial charge in [0.1, 0.15) is 0 Å². The maximum atomic E-state index is 13.0. The average molecular weight is 333 g/mol. The van der Waals surface area contributed by atoms with Crippen LogP contribution in [0.5, 0.6) is 0 Å². The van der Waals surface area contributed by atoms with E-state index in [9.17, 15) is 4.79 Å². The highest BCUT2D eigenvalue weighted by Crippen LogP contribution is 2.25. The fourth-order valence-electron chi connectivity index (χ4n) is 3.67. The molecule has 1 saturated carbocycles. The minimum absolute atomic E-state index is 0.334. The maximum absolute atomic E-state index is 13.0. The molecule has 0 bridgehead atoms. The number of thioether (sulfide) groups is 1. The van der Waals surface area contributed by atoms with Gasteiger partial charge in [0, 0.05) is 43.1 Å². The van der Waals surface area contributed by atoms with Crippen LogP contribution in [0.1, 0.15) is 44.1 Å². The third kappa shape index (κ3) is 4.98. The molecule has 0 radical (unpaired) electrons. The van der Waals surface area contributed by atoms with Gasteiger partial charge in [0.25, 0.3) is 0 Å². The molecule has 1 atom stereocenters. The number of carbonyl (C=O) groups is 1. The van der Waals surface area contributed by atoms with Gasteiger partial charge < -0.3 is 10.2 Å². The second-order valence-corrected chi connectivity index (χ2v) is 7.88. The molecule has 1 aromatic rings. The molecule has 3 nitrogen and oxygen atoms in total. The first-order valence-electron chi connectivity index (χ1n) is 8.97. The van der Waals surface area contributed by atoms with Gasteiger partial charge in [-0.3, -0.25) is 4.79 Å². The van der Waals surface area contributed by atoms with E-state index in [1.54, 1.807) is 0 Å². The van der Waals surface area contributed by atoms with Gasteiger partial charge in [0.15, 0.2) is 0 Å². The first kappa shape index (κ1) is 16.8. The zero-order valence-electron chi connectivity index (χ0n) is 13.9. The second kappa shape index (κ2) is 8.74. The standard InChI is InChI=1S/C19H28N2OS/c22-19(13-17-15-23-12-11-20-17)21(18-9-5-2-6-10-18)14-16-7-3-1-4-8-16/h1,3-4,7-8,17-18,20H,2,5-6,9-15H2. The van der Waals surface area contributed by atoms with E-state index in [4.69, 9.17) is 0 Å². The highest BCUT2D eigenvalue weighted by Gasteiger charge is 2.27. The van der Waals surface area contributed by atoms with Crippen LogP contribution in [0.15, 0.2) is 30.3 Å². The van der Waals surface area contributed by atoms with Gasteiger partial charge in [0.2, 0.25) is 5.91 Å². The molecule has 1 unspecified atom stereocenters. The van der Waals surface area contributed by atoms with Crippen molar-refractivity contribution in [1.29, 1.82) is 0 Å². The minimum atomic E-state index is 0.334. The van der Waals surface area contributed by atoms with Crippen LogP contribution < -0.4 is 5.32 Å². The molecule has 1 aliphatic heterocycles. The molecule has 2 fully saturated rings. The minimum Gasteiger partial charge on any atom is -0.335 e. The fourth-order valence-corrected chi connectivity index (χ4v) is 4.62. The third-order valence-electron chi connectivity index (χ3n) is 4.95. The van der Waals surface area contributed by atoms with Gasteiger partial charge in [-0.05, 0) is 18.4 Å². The summed E-state index contributed by atoms with van der Waals surface area (Å²) in [5, 5.41) is 3.50. The summed E-state index contributed by atoms with van der Waals surface area (Å²) < 4.78 is 0. The smallest absolute Gasteiger partial charge is 0.224 e. The van der Waals surface area contributed by atoms with Crippen molar-refractivity contribution >= 4 is 17.7 Å². The molecule has 1 heterocycles. The molecule has 4 heteroatoms. The SMILES string of the molecule is O=C(CC1CSCCN1)N(Cc1ccccc1)C1CCCCC1. The number of benzene rings is 1. The molecular formula is C19H28N2OS. The average Bonchev–Trinajstić information content (AvgIpc) is 2.62. The Bertz CT molecular complexity index is 481. The zero-order valence-corrected chi connectivity index (χ0v) is 14.7. The summed E-state index contributed by atoms with van der Waals surface area (Å²) in [4.78, 5) is 15.2. The number of amides is 1. The lowest BCUT2D eigenvalue weighted by atomic mass is 9.93. The summed E-state index contributed by atoms with van der Waals surface area (Å²) in [6.45, 7) is 1.80. The van der Waals surface area contributed by atoms with Gasteiger partial charge in [-0.25, -0.2) is 0 Å². The molecule has 0 aromatic heterocycles. The van der Waals surface area contributed by atoms with E-state index < -0.39 is 0 Å². The molecular weight excluding hydrogens is 304 g/mol. The molecule has 0 spiro atoms. The van der Waals surface area contributed by atoms with Crippen LogP contribution in [0.4, 0.5) is 0 Å². The summed E-state index contributed by atoms with van der Waals surface area (Å²) >= 11 is 1.96. The Morgan fingerprint density at radius 1 is 1.17 bits per heavy atom. The summed E-state index contributed by atoms with van der Waals surface area (Å²) in [7, 11) is 0.